The standard InChI is InChI=1S/C19H16N2O/c1-12-9-10-20-17(11-12)21-19(22)16-8-7-14-6-5-13-3-2-4-15(16)18(13)14/h2-4,7-11H,5-6H2,1H3,(H,20,21,22). The van der Waals surface area contributed by atoms with Crippen LogP contribution >= 0.6 is 0 Å². The van der Waals surface area contributed by atoms with Gasteiger partial charge in [0.05, 0.1) is 0 Å². The molecule has 4 rings (SSSR count). The molecule has 3 heteroatoms. The quantitative estimate of drug-likeness (QED) is 0.777. The van der Waals surface area contributed by atoms with E-state index in [2.05, 4.69) is 22.4 Å². The van der Waals surface area contributed by atoms with Gasteiger partial charge in [-0.15, -0.1) is 0 Å². The van der Waals surface area contributed by atoms with Gasteiger partial charge in [0.1, 0.15) is 5.82 Å². The molecule has 1 N–H and O–H groups in total. The third-order valence-corrected chi connectivity index (χ3v) is 4.28. The number of aryl methyl sites for hydroxylation is 3. The van der Waals surface area contributed by atoms with Gasteiger partial charge in [-0.25, -0.2) is 4.98 Å². The van der Waals surface area contributed by atoms with Crippen LogP contribution in [0.2, 0.25) is 0 Å². The number of pyridine rings is 1. The molecule has 22 heavy (non-hydrogen) atoms. The first kappa shape index (κ1) is 13.0. The summed E-state index contributed by atoms with van der Waals surface area (Å²) >= 11 is 0. The van der Waals surface area contributed by atoms with Crippen LogP contribution in [0.25, 0.3) is 10.8 Å². The topological polar surface area (TPSA) is 42.0 Å². The lowest BCUT2D eigenvalue weighted by Gasteiger charge is -2.09. The number of nitrogens with zero attached hydrogens (tertiary/aromatic N) is 1. The van der Waals surface area contributed by atoms with Crippen molar-refractivity contribution in [2.45, 2.75) is 19.8 Å². The smallest absolute Gasteiger partial charge is 0.257 e. The molecule has 1 aromatic heterocycles. The molecule has 1 heterocycles. The van der Waals surface area contributed by atoms with E-state index >= 15 is 0 Å². The third kappa shape index (κ3) is 2.06. The summed E-state index contributed by atoms with van der Waals surface area (Å²) in [7, 11) is 0. The van der Waals surface area contributed by atoms with E-state index in [-0.39, 0.29) is 5.91 Å². The number of rotatable bonds is 2. The zero-order chi connectivity index (χ0) is 15.1. The second-order valence-corrected chi connectivity index (χ2v) is 5.78. The van der Waals surface area contributed by atoms with Crippen molar-refractivity contribution in [1.29, 1.82) is 0 Å². The first-order valence-corrected chi connectivity index (χ1v) is 7.50. The van der Waals surface area contributed by atoms with E-state index in [4.69, 9.17) is 0 Å². The van der Waals surface area contributed by atoms with Crippen LogP contribution in [0.4, 0.5) is 5.82 Å². The number of nitrogens with one attached hydrogen (secondary N) is 1. The number of carbonyl (C=O) groups excluding carboxylic acids is 1. The van der Waals surface area contributed by atoms with E-state index in [1.807, 2.05) is 37.3 Å². The molecule has 1 amide bonds. The Morgan fingerprint density at radius 3 is 2.73 bits per heavy atom. The molecule has 3 nitrogen and oxygen atoms in total. The Morgan fingerprint density at radius 2 is 1.91 bits per heavy atom. The van der Waals surface area contributed by atoms with Gasteiger partial charge in [0, 0.05) is 11.8 Å². The summed E-state index contributed by atoms with van der Waals surface area (Å²) in [4.78, 5) is 16.8. The Labute approximate surface area is 129 Å². The fraction of sp³-hybridized carbons (Fsp3) is 0.158. The van der Waals surface area contributed by atoms with E-state index in [0.29, 0.717) is 11.4 Å². The summed E-state index contributed by atoms with van der Waals surface area (Å²) in [5.74, 6) is 0.488. The van der Waals surface area contributed by atoms with E-state index in [1.165, 1.54) is 16.5 Å². The second kappa shape index (κ2) is 4.95. The largest absolute Gasteiger partial charge is 0.307 e. The second-order valence-electron chi connectivity index (χ2n) is 5.78. The van der Waals surface area contributed by atoms with E-state index < -0.39 is 0 Å². The van der Waals surface area contributed by atoms with Crippen molar-refractivity contribution in [2.24, 2.45) is 0 Å². The lowest BCUT2D eigenvalue weighted by Crippen LogP contribution is -2.13. The lowest BCUT2D eigenvalue weighted by molar-refractivity contribution is 0.102. The summed E-state index contributed by atoms with van der Waals surface area (Å²) in [5.41, 5.74) is 4.48. The number of hydrogen-bond donors (Lipinski definition) is 1. The van der Waals surface area contributed by atoms with Gasteiger partial charge < -0.3 is 5.32 Å². The Kier molecular flexibility index (Phi) is 2.93. The number of amides is 1. The maximum absolute atomic E-state index is 12.6. The summed E-state index contributed by atoms with van der Waals surface area (Å²) in [5, 5.41) is 5.20. The number of benzene rings is 2. The van der Waals surface area contributed by atoms with E-state index in [9.17, 15) is 4.79 Å². The Balaban J connectivity index is 1.77. The van der Waals surface area contributed by atoms with Gasteiger partial charge >= 0.3 is 0 Å². The molecule has 108 valence electrons. The zero-order valence-corrected chi connectivity index (χ0v) is 12.4. The van der Waals surface area contributed by atoms with Crippen molar-refractivity contribution in [3.8, 4) is 0 Å². The van der Waals surface area contributed by atoms with Gasteiger partial charge in [0.15, 0.2) is 0 Å². The first-order chi connectivity index (χ1) is 10.7. The predicted octanol–water partition coefficient (Wildman–Crippen LogP) is 3.89. The third-order valence-electron chi connectivity index (χ3n) is 4.28. The normalized spacial score (nSPS) is 12.6. The van der Waals surface area contributed by atoms with Crippen LogP contribution in [0.3, 0.4) is 0 Å². The van der Waals surface area contributed by atoms with Gasteiger partial charge in [-0.1, -0.05) is 24.3 Å². The van der Waals surface area contributed by atoms with Crippen molar-refractivity contribution < 1.29 is 4.79 Å². The minimum absolute atomic E-state index is 0.103. The van der Waals surface area contributed by atoms with Crippen LogP contribution in [0.5, 0.6) is 0 Å². The highest BCUT2D eigenvalue weighted by atomic mass is 16.1. The van der Waals surface area contributed by atoms with Crippen LogP contribution in [0.15, 0.2) is 48.7 Å². The highest BCUT2D eigenvalue weighted by molar-refractivity contribution is 6.14. The average molecular weight is 288 g/mol. The maximum atomic E-state index is 12.6. The van der Waals surface area contributed by atoms with Crippen LogP contribution < -0.4 is 5.32 Å². The Morgan fingerprint density at radius 1 is 1.09 bits per heavy atom. The summed E-state index contributed by atoms with van der Waals surface area (Å²) < 4.78 is 0. The van der Waals surface area contributed by atoms with E-state index in [0.717, 1.165) is 23.8 Å². The van der Waals surface area contributed by atoms with Crippen LogP contribution in [0.1, 0.15) is 27.0 Å². The zero-order valence-electron chi connectivity index (χ0n) is 12.4. The molecular formula is C19H16N2O. The van der Waals surface area contributed by atoms with Gasteiger partial charge in [-0.3, -0.25) is 4.79 Å². The summed E-state index contributed by atoms with van der Waals surface area (Å²) in [6.45, 7) is 1.98. The molecule has 0 atom stereocenters. The highest BCUT2D eigenvalue weighted by Crippen LogP contribution is 2.32. The lowest BCUT2D eigenvalue weighted by atomic mass is 9.99. The van der Waals surface area contributed by atoms with Crippen molar-refractivity contribution in [3.63, 3.8) is 0 Å². The maximum Gasteiger partial charge on any atom is 0.257 e. The molecule has 0 unspecified atom stereocenters. The molecule has 1 aliphatic rings. The molecule has 0 spiro atoms. The first-order valence-electron chi connectivity index (χ1n) is 7.50. The predicted molar refractivity (Wildman–Crippen MR) is 88.3 cm³/mol. The Hall–Kier alpha value is -2.68. The monoisotopic (exact) mass is 288 g/mol. The molecule has 0 radical (unpaired) electrons. The van der Waals surface area contributed by atoms with Gasteiger partial charge in [0.25, 0.3) is 5.91 Å². The molecule has 0 aliphatic heterocycles. The summed E-state index contributed by atoms with van der Waals surface area (Å²) in [6.07, 6.45) is 3.84. The van der Waals surface area contributed by atoms with Crippen LogP contribution in [0, 0.1) is 6.92 Å². The van der Waals surface area contributed by atoms with Gasteiger partial charge in [-0.2, -0.15) is 0 Å². The SMILES string of the molecule is Cc1ccnc(NC(=O)c2ccc3c4c(cccc24)CC3)c1. The molecular weight excluding hydrogens is 272 g/mol. The van der Waals surface area contributed by atoms with Crippen molar-refractivity contribution in [1.82, 2.24) is 4.98 Å². The molecule has 0 fully saturated rings. The van der Waals surface area contributed by atoms with Crippen molar-refractivity contribution in [2.75, 3.05) is 5.32 Å². The van der Waals surface area contributed by atoms with E-state index in [1.54, 1.807) is 6.20 Å². The molecule has 0 bridgehead atoms. The highest BCUT2D eigenvalue weighted by Gasteiger charge is 2.18. The molecule has 1 aliphatic carbocycles. The van der Waals surface area contributed by atoms with Gasteiger partial charge in [0.2, 0.25) is 0 Å². The van der Waals surface area contributed by atoms with Crippen molar-refractivity contribution >= 4 is 22.5 Å². The minimum atomic E-state index is -0.103. The van der Waals surface area contributed by atoms with Crippen LogP contribution in [-0.4, -0.2) is 10.9 Å². The van der Waals surface area contributed by atoms with Crippen molar-refractivity contribution in [3.05, 3.63) is 70.9 Å². The average Bonchev–Trinajstić information content (AvgIpc) is 2.93. The fourth-order valence-electron chi connectivity index (χ4n) is 3.23. The van der Waals surface area contributed by atoms with Gasteiger partial charge in [-0.05, 0) is 65.4 Å². The number of hydrogen-bond acceptors (Lipinski definition) is 2. The number of carbonyl (C=O) groups is 1. The fourth-order valence-corrected chi connectivity index (χ4v) is 3.23. The molecule has 3 aromatic rings. The molecule has 0 saturated heterocycles. The number of anilines is 1. The number of aromatic nitrogens is 1. The molecule has 2 aromatic carbocycles. The Bertz CT molecular complexity index is 889. The molecule has 0 saturated carbocycles. The summed E-state index contributed by atoms with van der Waals surface area (Å²) in [6, 6.07) is 14.0. The minimum Gasteiger partial charge on any atom is -0.307 e. The van der Waals surface area contributed by atoms with Crippen LogP contribution in [-0.2, 0) is 12.8 Å².